The van der Waals surface area contributed by atoms with Crippen molar-refractivity contribution in [2.24, 2.45) is 21.7 Å². The van der Waals surface area contributed by atoms with E-state index in [4.69, 9.17) is 11.6 Å². The summed E-state index contributed by atoms with van der Waals surface area (Å²) in [5.74, 6) is 6.04. The molecule has 1 atom stereocenters. The van der Waals surface area contributed by atoms with Crippen molar-refractivity contribution >= 4 is 11.7 Å². The molecule has 2 aliphatic rings. The van der Waals surface area contributed by atoms with Gasteiger partial charge in [-0.2, -0.15) is 0 Å². The summed E-state index contributed by atoms with van der Waals surface area (Å²) in [4.78, 5) is 4.50. The van der Waals surface area contributed by atoms with E-state index in [0.717, 1.165) is 11.3 Å². The third-order valence-electron chi connectivity index (χ3n) is 2.70. The van der Waals surface area contributed by atoms with Crippen LogP contribution in [0.25, 0.3) is 0 Å². The summed E-state index contributed by atoms with van der Waals surface area (Å²) in [5, 5.41) is 7.27. The van der Waals surface area contributed by atoms with Gasteiger partial charge < -0.3 is 5.73 Å². The number of hydrogen-bond donors (Lipinski definition) is 2. The topological polar surface area (TPSA) is 83.2 Å². The number of guanidine groups is 1. The monoisotopic (exact) mass is 216 g/mol. The molecule has 0 saturated heterocycles. The maximum atomic E-state index is 5.73. The van der Waals surface area contributed by atoms with Gasteiger partial charge in [0, 0.05) is 0 Å². The van der Waals surface area contributed by atoms with Crippen molar-refractivity contribution < 1.29 is 0 Å². The molecule has 16 heavy (non-hydrogen) atoms. The highest BCUT2D eigenvalue weighted by Crippen LogP contribution is 2.21. The minimum absolute atomic E-state index is 0.282. The normalized spacial score (nSPS) is 23.2. The molecular weight excluding hydrogens is 204 g/mol. The summed E-state index contributed by atoms with van der Waals surface area (Å²) in [6.07, 6.45) is -0.282. The lowest BCUT2D eigenvalue weighted by Gasteiger charge is -2.17. The second-order valence-electron chi connectivity index (χ2n) is 3.75. The number of hydrazine groups is 1. The van der Waals surface area contributed by atoms with Crippen molar-refractivity contribution in [3.05, 3.63) is 35.9 Å². The Morgan fingerprint density at radius 1 is 1.25 bits per heavy atom. The summed E-state index contributed by atoms with van der Waals surface area (Å²) >= 11 is 0. The van der Waals surface area contributed by atoms with Crippen LogP contribution in [0.1, 0.15) is 5.56 Å². The molecule has 1 aromatic carbocycles. The molecule has 4 N–H and O–H groups in total. The van der Waals surface area contributed by atoms with Gasteiger partial charge in [-0.25, -0.2) is 20.9 Å². The molecule has 6 nitrogen and oxygen atoms in total. The van der Waals surface area contributed by atoms with Crippen molar-refractivity contribution in [1.29, 1.82) is 0 Å². The van der Waals surface area contributed by atoms with Crippen LogP contribution in [0.5, 0.6) is 0 Å². The van der Waals surface area contributed by atoms with Crippen LogP contribution in [-0.4, -0.2) is 34.5 Å². The van der Waals surface area contributed by atoms with Gasteiger partial charge in [0.15, 0.2) is 0 Å². The van der Waals surface area contributed by atoms with Crippen LogP contribution in [0.3, 0.4) is 0 Å². The van der Waals surface area contributed by atoms with Crippen LogP contribution in [0.4, 0.5) is 0 Å². The quantitative estimate of drug-likeness (QED) is 0.619. The zero-order valence-corrected chi connectivity index (χ0v) is 8.61. The largest absolute Gasteiger partial charge is 0.367 e. The smallest absolute Gasteiger partial charge is 0.231 e. The fourth-order valence-electron chi connectivity index (χ4n) is 1.87. The number of benzene rings is 1. The van der Waals surface area contributed by atoms with Gasteiger partial charge in [-0.3, -0.25) is 0 Å². The minimum atomic E-state index is -0.282. The van der Waals surface area contributed by atoms with E-state index in [1.54, 1.807) is 5.01 Å². The van der Waals surface area contributed by atoms with E-state index in [-0.39, 0.29) is 6.29 Å². The molecule has 3 rings (SSSR count). The lowest BCUT2D eigenvalue weighted by Crippen LogP contribution is -2.46. The van der Waals surface area contributed by atoms with Crippen LogP contribution in [0.15, 0.2) is 40.4 Å². The molecule has 0 spiro atoms. The number of nitrogens with two attached hydrogens (primary N) is 2. The molecule has 0 aromatic heterocycles. The molecule has 0 amide bonds. The van der Waals surface area contributed by atoms with Crippen LogP contribution in [-0.2, 0) is 0 Å². The van der Waals surface area contributed by atoms with Crippen molar-refractivity contribution in [3.63, 3.8) is 0 Å². The van der Waals surface area contributed by atoms with Crippen LogP contribution in [0, 0.1) is 0 Å². The Labute approximate surface area is 92.8 Å². The van der Waals surface area contributed by atoms with Crippen molar-refractivity contribution in [3.8, 4) is 0 Å². The first-order chi connectivity index (χ1) is 7.75. The van der Waals surface area contributed by atoms with Crippen molar-refractivity contribution in [2.45, 2.75) is 6.29 Å². The Morgan fingerprint density at radius 3 is 2.69 bits per heavy atom. The first-order valence-corrected chi connectivity index (χ1v) is 5.02. The van der Waals surface area contributed by atoms with Gasteiger partial charge in [-0.1, -0.05) is 30.3 Å². The standard InChI is InChI=1S/C10H12N6/c11-9-14-15-6-8(13-10(15)16(9)12)7-4-2-1-3-5-7/h1-5,10H,6,12H2,(H2,11,14). The maximum Gasteiger partial charge on any atom is 0.231 e. The van der Waals surface area contributed by atoms with Gasteiger partial charge in [-0.05, 0) is 5.56 Å². The predicted molar refractivity (Wildman–Crippen MR) is 61.1 cm³/mol. The Balaban J connectivity index is 1.89. The van der Waals surface area contributed by atoms with E-state index in [0.29, 0.717) is 12.5 Å². The molecular formula is C10H12N6. The second kappa shape index (κ2) is 3.21. The molecule has 2 aliphatic heterocycles. The average Bonchev–Trinajstić information content (AvgIpc) is 2.82. The van der Waals surface area contributed by atoms with Crippen LogP contribution >= 0.6 is 0 Å². The summed E-state index contributed by atoms with van der Waals surface area (Å²) in [6, 6.07) is 9.99. The zero-order valence-electron chi connectivity index (χ0n) is 8.61. The molecule has 0 saturated carbocycles. The molecule has 2 heterocycles. The maximum absolute atomic E-state index is 5.73. The number of nitrogens with zero attached hydrogens (tertiary/aromatic N) is 4. The van der Waals surface area contributed by atoms with Gasteiger partial charge in [-0.15, -0.1) is 5.10 Å². The van der Waals surface area contributed by atoms with Crippen LogP contribution in [0.2, 0.25) is 0 Å². The van der Waals surface area contributed by atoms with E-state index in [1.807, 2.05) is 30.3 Å². The summed E-state index contributed by atoms with van der Waals surface area (Å²) in [5.41, 5.74) is 7.67. The molecule has 1 unspecified atom stereocenters. The Bertz CT molecular complexity index is 465. The van der Waals surface area contributed by atoms with E-state index in [2.05, 4.69) is 10.1 Å². The molecule has 1 aromatic rings. The third-order valence-corrected chi connectivity index (χ3v) is 2.70. The molecule has 6 heteroatoms. The van der Waals surface area contributed by atoms with Gasteiger partial charge in [0.2, 0.25) is 12.2 Å². The van der Waals surface area contributed by atoms with Gasteiger partial charge in [0.05, 0.1) is 12.3 Å². The fourth-order valence-corrected chi connectivity index (χ4v) is 1.87. The number of rotatable bonds is 1. The highest BCUT2D eigenvalue weighted by Gasteiger charge is 2.36. The molecule has 0 radical (unpaired) electrons. The predicted octanol–water partition coefficient (Wildman–Crippen LogP) is -0.506. The SMILES string of the molecule is NC1=NN2CC(c3ccccc3)=NC2N1N. The van der Waals surface area contributed by atoms with Gasteiger partial charge in [0.1, 0.15) is 0 Å². The number of hydrazone groups is 1. The Kier molecular flexibility index (Phi) is 1.84. The minimum Gasteiger partial charge on any atom is -0.367 e. The zero-order chi connectivity index (χ0) is 11.1. The number of aliphatic imine (C=N–C) groups is 1. The number of fused-ring (bicyclic) bond motifs is 1. The summed E-state index contributed by atoms with van der Waals surface area (Å²) in [7, 11) is 0. The van der Waals surface area contributed by atoms with Gasteiger partial charge >= 0.3 is 0 Å². The highest BCUT2D eigenvalue weighted by atomic mass is 15.7. The summed E-state index contributed by atoms with van der Waals surface area (Å²) < 4.78 is 0. The van der Waals surface area contributed by atoms with E-state index >= 15 is 0 Å². The van der Waals surface area contributed by atoms with E-state index in [1.165, 1.54) is 5.01 Å². The third kappa shape index (κ3) is 1.24. The van der Waals surface area contributed by atoms with E-state index < -0.39 is 0 Å². The first kappa shape index (κ1) is 9.17. The van der Waals surface area contributed by atoms with Crippen molar-refractivity contribution in [1.82, 2.24) is 10.0 Å². The second-order valence-corrected chi connectivity index (χ2v) is 3.75. The average molecular weight is 216 g/mol. The van der Waals surface area contributed by atoms with Crippen LogP contribution < -0.4 is 11.6 Å². The Hall–Kier alpha value is -2.08. The molecule has 82 valence electrons. The fraction of sp³-hybridized carbons (Fsp3) is 0.200. The lowest BCUT2D eigenvalue weighted by atomic mass is 10.1. The summed E-state index contributed by atoms with van der Waals surface area (Å²) in [6.45, 7) is 0.642. The molecule has 0 bridgehead atoms. The molecule has 0 fully saturated rings. The van der Waals surface area contributed by atoms with Gasteiger partial charge in [0.25, 0.3) is 0 Å². The van der Waals surface area contributed by atoms with Crippen molar-refractivity contribution in [2.75, 3.05) is 6.54 Å². The Morgan fingerprint density at radius 2 is 2.00 bits per heavy atom. The highest BCUT2D eigenvalue weighted by molar-refractivity contribution is 6.03. The number of hydrogen-bond acceptors (Lipinski definition) is 6. The molecule has 0 aliphatic carbocycles. The van der Waals surface area contributed by atoms with E-state index in [9.17, 15) is 0 Å². The first-order valence-electron chi connectivity index (χ1n) is 5.02. The lowest BCUT2D eigenvalue weighted by molar-refractivity contribution is 0.174.